The van der Waals surface area contributed by atoms with E-state index in [-0.39, 0.29) is 5.60 Å². The fourth-order valence-electron chi connectivity index (χ4n) is 1.48. The molecule has 0 fully saturated rings. The highest BCUT2D eigenvalue weighted by Crippen LogP contribution is 2.22. The molecule has 0 radical (unpaired) electrons. The van der Waals surface area contributed by atoms with Crippen molar-refractivity contribution in [2.24, 2.45) is 0 Å². The molecule has 0 aliphatic heterocycles. The van der Waals surface area contributed by atoms with Crippen LogP contribution in [0.5, 0.6) is 0 Å². The van der Waals surface area contributed by atoms with Crippen LogP contribution in [0.4, 0.5) is 0 Å². The van der Waals surface area contributed by atoms with Crippen LogP contribution < -0.4 is 0 Å². The van der Waals surface area contributed by atoms with Crippen LogP contribution in [0, 0.1) is 0 Å². The Morgan fingerprint density at radius 1 is 0.917 bits per heavy atom. The Morgan fingerprint density at radius 2 is 1.50 bits per heavy atom. The SMILES string of the molecule is CCCCCCC(O)(CC)CC. The van der Waals surface area contributed by atoms with Crippen molar-refractivity contribution in [3.05, 3.63) is 0 Å². The van der Waals surface area contributed by atoms with Crippen LogP contribution in [0.15, 0.2) is 0 Å². The number of aliphatic hydroxyl groups is 1. The van der Waals surface area contributed by atoms with E-state index in [0.717, 1.165) is 19.3 Å². The first kappa shape index (κ1) is 12.0. The molecule has 0 spiro atoms. The van der Waals surface area contributed by atoms with Crippen molar-refractivity contribution >= 4 is 0 Å². The van der Waals surface area contributed by atoms with E-state index in [1.165, 1.54) is 25.7 Å². The minimum absolute atomic E-state index is 0.367. The van der Waals surface area contributed by atoms with Crippen molar-refractivity contribution in [3.63, 3.8) is 0 Å². The first-order valence-corrected chi connectivity index (χ1v) is 5.41. The molecule has 0 aromatic carbocycles. The van der Waals surface area contributed by atoms with Crippen LogP contribution in [-0.2, 0) is 0 Å². The van der Waals surface area contributed by atoms with Crippen LogP contribution in [-0.4, -0.2) is 10.7 Å². The van der Waals surface area contributed by atoms with E-state index < -0.39 is 0 Å². The maximum absolute atomic E-state index is 9.93. The van der Waals surface area contributed by atoms with Gasteiger partial charge in [0, 0.05) is 0 Å². The third kappa shape index (κ3) is 4.76. The third-order valence-corrected chi connectivity index (χ3v) is 2.81. The van der Waals surface area contributed by atoms with Gasteiger partial charge in [-0.3, -0.25) is 0 Å². The van der Waals surface area contributed by atoms with E-state index >= 15 is 0 Å². The molecule has 1 N–H and O–H groups in total. The van der Waals surface area contributed by atoms with Gasteiger partial charge in [0.25, 0.3) is 0 Å². The Labute approximate surface area is 77.2 Å². The average molecular weight is 172 g/mol. The summed E-state index contributed by atoms with van der Waals surface area (Å²) in [4.78, 5) is 0. The Kier molecular flexibility index (Phi) is 6.45. The molecule has 74 valence electrons. The lowest BCUT2D eigenvalue weighted by atomic mass is 9.91. The summed E-state index contributed by atoms with van der Waals surface area (Å²) in [5, 5.41) is 9.93. The molecular weight excluding hydrogens is 148 g/mol. The van der Waals surface area contributed by atoms with Gasteiger partial charge in [-0.1, -0.05) is 46.5 Å². The maximum Gasteiger partial charge on any atom is 0.0642 e. The van der Waals surface area contributed by atoms with E-state index in [1.807, 2.05) is 0 Å². The molecule has 1 heteroatoms. The summed E-state index contributed by atoms with van der Waals surface area (Å²) in [7, 11) is 0. The number of hydrogen-bond acceptors (Lipinski definition) is 1. The first-order chi connectivity index (χ1) is 5.68. The zero-order valence-electron chi connectivity index (χ0n) is 8.90. The number of unbranched alkanes of at least 4 members (excludes halogenated alkanes) is 3. The fourth-order valence-corrected chi connectivity index (χ4v) is 1.48. The van der Waals surface area contributed by atoms with Gasteiger partial charge in [0.1, 0.15) is 0 Å². The van der Waals surface area contributed by atoms with E-state index in [9.17, 15) is 5.11 Å². The van der Waals surface area contributed by atoms with Crippen molar-refractivity contribution in [3.8, 4) is 0 Å². The standard InChI is InChI=1S/C11H24O/c1-4-7-8-9-10-11(12,5-2)6-3/h12H,4-10H2,1-3H3. The van der Waals surface area contributed by atoms with Crippen LogP contribution >= 0.6 is 0 Å². The zero-order valence-corrected chi connectivity index (χ0v) is 8.90. The summed E-state index contributed by atoms with van der Waals surface area (Å²) >= 11 is 0. The Morgan fingerprint density at radius 3 is 1.92 bits per heavy atom. The lowest BCUT2D eigenvalue weighted by Crippen LogP contribution is -2.26. The fraction of sp³-hybridized carbons (Fsp3) is 1.00. The monoisotopic (exact) mass is 172 g/mol. The van der Waals surface area contributed by atoms with Gasteiger partial charge in [-0.15, -0.1) is 0 Å². The maximum atomic E-state index is 9.93. The van der Waals surface area contributed by atoms with Gasteiger partial charge in [0.05, 0.1) is 5.60 Å². The summed E-state index contributed by atoms with van der Waals surface area (Å²) in [6, 6.07) is 0. The average Bonchev–Trinajstić information content (AvgIpc) is 2.12. The molecule has 0 aliphatic rings. The predicted octanol–water partition coefficient (Wildman–Crippen LogP) is 3.51. The number of hydrogen-bond donors (Lipinski definition) is 1. The molecule has 1 nitrogen and oxygen atoms in total. The van der Waals surface area contributed by atoms with Crippen molar-refractivity contribution < 1.29 is 5.11 Å². The van der Waals surface area contributed by atoms with Crippen molar-refractivity contribution in [2.75, 3.05) is 0 Å². The minimum Gasteiger partial charge on any atom is -0.390 e. The van der Waals surface area contributed by atoms with Crippen LogP contribution in [0.2, 0.25) is 0 Å². The van der Waals surface area contributed by atoms with Gasteiger partial charge in [-0.2, -0.15) is 0 Å². The van der Waals surface area contributed by atoms with Crippen LogP contribution in [0.25, 0.3) is 0 Å². The van der Waals surface area contributed by atoms with Gasteiger partial charge in [-0.25, -0.2) is 0 Å². The lowest BCUT2D eigenvalue weighted by molar-refractivity contribution is 0.0211. The second kappa shape index (κ2) is 6.47. The third-order valence-electron chi connectivity index (χ3n) is 2.81. The van der Waals surface area contributed by atoms with Gasteiger partial charge in [-0.05, 0) is 19.3 Å². The topological polar surface area (TPSA) is 20.2 Å². The molecule has 0 aromatic heterocycles. The smallest absolute Gasteiger partial charge is 0.0642 e. The quantitative estimate of drug-likeness (QED) is 0.583. The molecule has 12 heavy (non-hydrogen) atoms. The zero-order chi connectivity index (χ0) is 9.45. The molecule has 0 aromatic rings. The Balaban J connectivity index is 3.45. The summed E-state index contributed by atoms with van der Waals surface area (Å²) < 4.78 is 0. The molecule has 0 atom stereocenters. The summed E-state index contributed by atoms with van der Waals surface area (Å²) in [5.41, 5.74) is -0.367. The van der Waals surface area contributed by atoms with Crippen molar-refractivity contribution in [2.45, 2.75) is 71.3 Å². The highest BCUT2D eigenvalue weighted by molar-refractivity contribution is 4.74. The second-order valence-corrected chi connectivity index (χ2v) is 3.74. The lowest BCUT2D eigenvalue weighted by Gasteiger charge is -2.24. The molecular formula is C11H24O. The van der Waals surface area contributed by atoms with Crippen molar-refractivity contribution in [1.29, 1.82) is 0 Å². The Hall–Kier alpha value is -0.0400. The van der Waals surface area contributed by atoms with Gasteiger partial charge in [0.2, 0.25) is 0 Å². The highest BCUT2D eigenvalue weighted by Gasteiger charge is 2.20. The number of rotatable bonds is 7. The molecule has 0 bridgehead atoms. The minimum atomic E-state index is -0.367. The molecule has 0 saturated heterocycles. The predicted molar refractivity (Wildman–Crippen MR) is 54.3 cm³/mol. The van der Waals surface area contributed by atoms with Gasteiger partial charge < -0.3 is 5.11 Å². The van der Waals surface area contributed by atoms with Crippen molar-refractivity contribution in [1.82, 2.24) is 0 Å². The molecule has 0 heterocycles. The van der Waals surface area contributed by atoms with E-state index in [2.05, 4.69) is 20.8 Å². The van der Waals surface area contributed by atoms with Crippen LogP contribution in [0.1, 0.15) is 65.7 Å². The molecule has 0 aliphatic carbocycles. The first-order valence-electron chi connectivity index (χ1n) is 5.41. The van der Waals surface area contributed by atoms with E-state index in [0.29, 0.717) is 0 Å². The van der Waals surface area contributed by atoms with Gasteiger partial charge >= 0.3 is 0 Å². The summed E-state index contributed by atoms with van der Waals surface area (Å²) in [5.74, 6) is 0. The highest BCUT2D eigenvalue weighted by atomic mass is 16.3. The summed E-state index contributed by atoms with van der Waals surface area (Å²) in [6.07, 6.45) is 7.83. The molecule has 0 saturated carbocycles. The van der Waals surface area contributed by atoms with Crippen LogP contribution in [0.3, 0.4) is 0 Å². The second-order valence-electron chi connectivity index (χ2n) is 3.74. The molecule has 0 rings (SSSR count). The van der Waals surface area contributed by atoms with Gasteiger partial charge in [0.15, 0.2) is 0 Å². The largest absolute Gasteiger partial charge is 0.390 e. The molecule has 0 amide bonds. The Bertz CT molecular complexity index is 95.2. The van der Waals surface area contributed by atoms with E-state index in [4.69, 9.17) is 0 Å². The van der Waals surface area contributed by atoms with E-state index in [1.54, 1.807) is 0 Å². The molecule has 0 unspecified atom stereocenters. The normalized spacial score (nSPS) is 12.0. The summed E-state index contributed by atoms with van der Waals surface area (Å²) in [6.45, 7) is 6.36.